The molecule has 0 saturated heterocycles. The Hall–Kier alpha value is -0.570. The van der Waals surface area contributed by atoms with Crippen molar-refractivity contribution in [3.05, 3.63) is 29.6 Å². The van der Waals surface area contributed by atoms with Crippen LogP contribution in [-0.2, 0) is 5.41 Å². The summed E-state index contributed by atoms with van der Waals surface area (Å²) in [6.07, 6.45) is 0. The van der Waals surface area contributed by atoms with Crippen LogP contribution in [0.3, 0.4) is 0 Å². The van der Waals surface area contributed by atoms with E-state index in [0.717, 1.165) is 5.33 Å². The molecule has 0 saturated carbocycles. The van der Waals surface area contributed by atoms with Crippen LogP contribution in [0.4, 0.5) is 4.39 Å². The fraction of sp³-hybridized carbons (Fsp3) is 0.455. The van der Waals surface area contributed by atoms with Crippen molar-refractivity contribution in [3.63, 3.8) is 0 Å². The molecule has 0 aliphatic carbocycles. The third-order valence-corrected chi connectivity index (χ3v) is 3.64. The molecule has 0 spiro atoms. The van der Waals surface area contributed by atoms with E-state index in [4.69, 9.17) is 4.74 Å². The molecule has 14 heavy (non-hydrogen) atoms. The fourth-order valence-corrected chi connectivity index (χ4v) is 1.55. The summed E-state index contributed by atoms with van der Waals surface area (Å²) in [5.74, 6) is 0.338. The van der Waals surface area contributed by atoms with Crippen LogP contribution in [0, 0.1) is 5.82 Å². The first-order chi connectivity index (χ1) is 6.51. The summed E-state index contributed by atoms with van der Waals surface area (Å²) in [5.41, 5.74) is 0.506. The highest BCUT2D eigenvalue weighted by Gasteiger charge is 2.22. The van der Waals surface area contributed by atoms with Gasteiger partial charge in [0.1, 0.15) is 11.6 Å². The van der Waals surface area contributed by atoms with Gasteiger partial charge in [-0.25, -0.2) is 4.39 Å². The Morgan fingerprint density at radius 3 is 2.50 bits per heavy atom. The Morgan fingerprint density at radius 2 is 2.07 bits per heavy atom. The quantitative estimate of drug-likeness (QED) is 0.756. The largest absolute Gasteiger partial charge is 0.497 e. The molecule has 0 heterocycles. The molecule has 0 N–H and O–H groups in total. The molecule has 1 aromatic rings. The van der Waals surface area contributed by atoms with E-state index in [2.05, 4.69) is 15.9 Å². The summed E-state index contributed by atoms with van der Waals surface area (Å²) in [7, 11) is 1.53. The van der Waals surface area contributed by atoms with E-state index in [1.165, 1.54) is 13.2 Å². The second kappa shape index (κ2) is 4.30. The minimum absolute atomic E-state index is 0.198. The number of benzene rings is 1. The number of halogens is 2. The van der Waals surface area contributed by atoms with Gasteiger partial charge in [-0.05, 0) is 11.6 Å². The number of methoxy groups -OCH3 is 1. The van der Waals surface area contributed by atoms with Gasteiger partial charge < -0.3 is 4.74 Å². The highest BCUT2D eigenvalue weighted by molar-refractivity contribution is 9.09. The molecule has 1 nitrogen and oxygen atoms in total. The zero-order valence-corrected chi connectivity index (χ0v) is 10.2. The van der Waals surface area contributed by atoms with Crippen molar-refractivity contribution >= 4 is 15.9 Å². The van der Waals surface area contributed by atoms with Gasteiger partial charge >= 0.3 is 0 Å². The SMILES string of the molecule is COc1ccc(C(C)(C)CBr)c(F)c1. The minimum Gasteiger partial charge on any atom is -0.497 e. The first kappa shape index (κ1) is 11.5. The smallest absolute Gasteiger partial charge is 0.130 e. The van der Waals surface area contributed by atoms with Crippen LogP contribution < -0.4 is 4.74 Å². The predicted octanol–water partition coefficient (Wildman–Crippen LogP) is 3.51. The Kier molecular flexibility index (Phi) is 3.53. The van der Waals surface area contributed by atoms with Crippen molar-refractivity contribution in [1.82, 2.24) is 0 Å². The Bertz CT molecular complexity index is 323. The lowest BCUT2D eigenvalue weighted by Crippen LogP contribution is -2.20. The van der Waals surface area contributed by atoms with E-state index >= 15 is 0 Å². The average Bonchev–Trinajstić information content (AvgIpc) is 2.17. The van der Waals surface area contributed by atoms with E-state index in [0.29, 0.717) is 11.3 Å². The molecule has 0 atom stereocenters. The van der Waals surface area contributed by atoms with Crippen LogP contribution in [-0.4, -0.2) is 12.4 Å². The van der Waals surface area contributed by atoms with Crippen LogP contribution in [0.15, 0.2) is 18.2 Å². The van der Waals surface area contributed by atoms with Gasteiger partial charge in [0.25, 0.3) is 0 Å². The molecule has 1 aromatic carbocycles. The Labute approximate surface area is 92.4 Å². The maximum atomic E-state index is 13.6. The average molecular weight is 261 g/mol. The second-order valence-electron chi connectivity index (χ2n) is 3.86. The predicted molar refractivity (Wildman–Crippen MR) is 59.8 cm³/mol. The van der Waals surface area contributed by atoms with Crippen molar-refractivity contribution in [2.24, 2.45) is 0 Å². The molecule has 3 heteroatoms. The number of alkyl halides is 1. The highest BCUT2D eigenvalue weighted by Crippen LogP contribution is 2.29. The van der Waals surface area contributed by atoms with E-state index in [1.807, 2.05) is 13.8 Å². The van der Waals surface area contributed by atoms with Crippen LogP contribution in [0.2, 0.25) is 0 Å². The van der Waals surface area contributed by atoms with E-state index in [1.54, 1.807) is 12.1 Å². The van der Waals surface area contributed by atoms with Gasteiger partial charge in [0.2, 0.25) is 0 Å². The van der Waals surface area contributed by atoms with Crippen molar-refractivity contribution < 1.29 is 9.13 Å². The van der Waals surface area contributed by atoms with Crippen LogP contribution in [0.1, 0.15) is 19.4 Å². The fourth-order valence-electron chi connectivity index (χ4n) is 1.24. The van der Waals surface area contributed by atoms with Crippen LogP contribution in [0.25, 0.3) is 0 Å². The normalized spacial score (nSPS) is 11.5. The maximum absolute atomic E-state index is 13.6. The van der Waals surface area contributed by atoms with Gasteiger partial charge in [-0.15, -0.1) is 0 Å². The molecular formula is C11H14BrFO. The Morgan fingerprint density at radius 1 is 1.43 bits per heavy atom. The monoisotopic (exact) mass is 260 g/mol. The summed E-state index contributed by atoms with van der Waals surface area (Å²) in [6.45, 7) is 3.99. The third kappa shape index (κ3) is 2.27. The van der Waals surface area contributed by atoms with E-state index in [9.17, 15) is 4.39 Å². The summed E-state index contributed by atoms with van der Waals surface area (Å²) in [6, 6.07) is 4.97. The van der Waals surface area contributed by atoms with Crippen LogP contribution >= 0.6 is 15.9 Å². The number of hydrogen-bond donors (Lipinski definition) is 0. The summed E-state index contributed by atoms with van der Waals surface area (Å²) < 4.78 is 18.6. The first-order valence-corrected chi connectivity index (χ1v) is 5.53. The third-order valence-electron chi connectivity index (χ3n) is 2.24. The minimum atomic E-state index is -0.214. The van der Waals surface area contributed by atoms with Gasteiger partial charge in [-0.3, -0.25) is 0 Å². The van der Waals surface area contributed by atoms with Crippen molar-refractivity contribution in [2.75, 3.05) is 12.4 Å². The number of hydrogen-bond acceptors (Lipinski definition) is 1. The number of ether oxygens (including phenoxy) is 1. The topological polar surface area (TPSA) is 9.23 Å². The summed E-state index contributed by atoms with van der Waals surface area (Å²) in [5, 5.41) is 0.725. The standard InChI is InChI=1S/C11H14BrFO/c1-11(2,7-12)9-5-4-8(14-3)6-10(9)13/h4-6H,7H2,1-3H3. The lowest BCUT2D eigenvalue weighted by Gasteiger charge is -2.23. The van der Waals surface area contributed by atoms with Crippen LogP contribution in [0.5, 0.6) is 5.75 Å². The molecule has 0 aromatic heterocycles. The van der Waals surface area contributed by atoms with Crippen molar-refractivity contribution in [1.29, 1.82) is 0 Å². The molecular weight excluding hydrogens is 247 g/mol. The molecule has 0 unspecified atom stereocenters. The lowest BCUT2D eigenvalue weighted by molar-refractivity contribution is 0.409. The van der Waals surface area contributed by atoms with Gasteiger partial charge in [0.05, 0.1) is 7.11 Å². The van der Waals surface area contributed by atoms with Gasteiger partial charge in [0.15, 0.2) is 0 Å². The van der Waals surface area contributed by atoms with Crippen molar-refractivity contribution in [3.8, 4) is 5.75 Å². The zero-order chi connectivity index (χ0) is 10.8. The maximum Gasteiger partial charge on any atom is 0.130 e. The van der Waals surface area contributed by atoms with Gasteiger partial charge in [-0.2, -0.15) is 0 Å². The summed E-state index contributed by atoms with van der Waals surface area (Å²) in [4.78, 5) is 0. The molecule has 0 radical (unpaired) electrons. The Balaban J connectivity index is 3.12. The van der Waals surface area contributed by atoms with Crippen molar-refractivity contribution in [2.45, 2.75) is 19.3 Å². The van der Waals surface area contributed by atoms with E-state index in [-0.39, 0.29) is 11.2 Å². The first-order valence-electron chi connectivity index (χ1n) is 4.41. The molecule has 0 amide bonds. The summed E-state index contributed by atoms with van der Waals surface area (Å²) >= 11 is 3.38. The number of rotatable bonds is 3. The lowest BCUT2D eigenvalue weighted by atomic mass is 9.86. The molecule has 0 fully saturated rings. The molecule has 78 valence electrons. The molecule has 1 rings (SSSR count). The molecule has 0 aliphatic heterocycles. The molecule has 0 aliphatic rings. The highest BCUT2D eigenvalue weighted by atomic mass is 79.9. The zero-order valence-electron chi connectivity index (χ0n) is 8.60. The second-order valence-corrected chi connectivity index (χ2v) is 4.42. The molecule has 0 bridgehead atoms. The van der Waals surface area contributed by atoms with Gasteiger partial charge in [0, 0.05) is 16.8 Å². The van der Waals surface area contributed by atoms with E-state index < -0.39 is 0 Å². The van der Waals surface area contributed by atoms with Gasteiger partial charge in [-0.1, -0.05) is 35.8 Å².